The van der Waals surface area contributed by atoms with E-state index in [4.69, 9.17) is 5.73 Å². The zero-order valence-electron chi connectivity index (χ0n) is 10.9. The zero-order chi connectivity index (χ0) is 14.6. The van der Waals surface area contributed by atoms with E-state index < -0.39 is 12.6 Å². The molecule has 0 bridgehead atoms. The molecule has 0 aliphatic heterocycles. The molecule has 0 spiro atoms. The van der Waals surface area contributed by atoms with Crippen LogP contribution in [0.15, 0.2) is 30.5 Å². The average Bonchev–Trinajstić information content (AvgIpc) is 2.39. The number of benzene rings is 1. The van der Waals surface area contributed by atoms with Gasteiger partial charge >= 0.3 is 6.18 Å². The molecular weight excluding hydrogens is 267 g/mol. The number of alkyl halides is 3. The van der Waals surface area contributed by atoms with Crippen molar-refractivity contribution in [3.05, 3.63) is 30.5 Å². The first-order valence-electron chi connectivity index (χ1n) is 6.41. The van der Waals surface area contributed by atoms with E-state index in [1.807, 2.05) is 24.3 Å². The molecule has 20 heavy (non-hydrogen) atoms. The highest BCUT2D eigenvalue weighted by atomic mass is 19.4. The lowest BCUT2D eigenvalue weighted by Crippen LogP contribution is -2.09. The number of hydrogen-bond donors (Lipinski definition) is 2. The molecule has 3 nitrogen and oxygen atoms in total. The number of unbranched alkanes of at least 4 members (excludes halogenated alkanes) is 1. The summed E-state index contributed by atoms with van der Waals surface area (Å²) in [5.74, 6) is 0. The monoisotopic (exact) mass is 283 g/mol. The normalized spacial score (nSPS) is 11.8. The molecule has 2 aromatic rings. The Labute approximate surface area is 115 Å². The number of aromatic nitrogens is 1. The lowest BCUT2D eigenvalue weighted by molar-refractivity contribution is -0.135. The molecule has 0 radical (unpaired) electrons. The van der Waals surface area contributed by atoms with E-state index in [2.05, 4.69) is 10.3 Å². The van der Waals surface area contributed by atoms with Crippen LogP contribution < -0.4 is 11.1 Å². The van der Waals surface area contributed by atoms with Crippen LogP contribution in [-0.4, -0.2) is 17.7 Å². The lowest BCUT2D eigenvalue weighted by atomic mass is 10.1. The molecule has 3 N–H and O–H groups in total. The van der Waals surface area contributed by atoms with Crippen LogP contribution in [0.4, 0.5) is 24.5 Å². The number of para-hydroxylation sites is 1. The van der Waals surface area contributed by atoms with Gasteiger partial charge in [0.05, 0.1) is 23.1 Å². The van der Waals surface area contributed by atoms with Gasteiger partial charge in [0.2, 0.25) is 0 Å². The Kier molecular flexibility index (Phi) is 4.32. The second-order valence-corrected chi connectivity index (χ2v) is 4.60. The smallest absolute Gasteiger partial charge is 0.389 e. The summed E-state index contributed by atoms with van der Waals surface area (Å²) >= 11 is 0. The van der Waals surface area contributed by atoms with Crippen LogP contribution in [0.25, 0.3) is 10.9 Å². The topological polar surface area (TPSA) is 50.9 Å². The summed E-state index contributed by atoms with van der Waals surface area (Å²) < 4.78 is 36.1. The van der Waals surface area contributed by atoms with Gasteiger partial charge < -0.3 is 11.1 Å². The van der Waals surface area contributed by atoms with Gasteiger partial charge in [0.1, 0.15) is 0 Å². The highest BCUT2D eigenvalue weighted by Crippen LogP contribution is 2.28. The molecule has 0 aliphatic carbocycles. The van der Waals surface area contributed by atoms with E-state index in [1.54, 1.807) is 6.20 Å². The molecule has 6 heteroatoms. The molecule has 1 aromatic carbocycles. The molecule has 1 heterocycles. The van der Waals surface area contributed by atoms with E-state index in [-0.39, 0.29) is 6.42 Å². The SMILES string of the molecule is Nc1cnc2ccccc2c1NCCCCC(F)(F)F. The fourth-order valence-corrected chi connectivity index (χ4v) is 2.02. The van der Waals surface area contributed by atoms with Crippen LogP contribution in [0, 0.1) is 0 Å². The Morgan fingerprint density at radius 2 is 1.90 bits per heavy atom. The number of fused-ring (bicyclic) bond motifs is 1. The van der Waals surface area contributed by atoms with Crippen molar-refractivity contribution in [1.29, 1.82) is 0 Å². The summed E-state index contributed by atoms with van der Waals surface area (Å²) in [4.78, 5) is 4.20. The first kappa shape index (κ1) is 14.4. The van der Waals surface area contributed by atoms with E-state index in [0.29, 0.717) is 18.7 Å². The zero-order valence-corrected chi connectivity index (χ0v) is 10.9. The molecule has 0 unspecified atom stereocenters. The fraction of sp³-hybridized carbons (Fsp3) is 0.357. The van der Waals surface area contributed by atoms with Gasteiger partial charge in [-0.1, -0.05) is 18.2 Å². The van der Waals surface area contributed by atoms with Gasteiger partial charge in [0.25, 0.3) is 0 Å². The van der Waals surface area contributed by atoms with E-state index >= 15 is 0 Å². The maximum atomic E-state index is 12.0. The second-order valence-electron chi connectivity index (χ2n) is 4.60. The molecule has 108 valence electrons. The summed E-state index contributed by atoms with van der Waals surface area (Å²) in [5.41, 5.74) is 7.91. The van der Waals surface area contributed by atoms with Crippen LogP contribution in [0.5, 0.6) is 0 Å². The van der Waals surface area contributed by atoms with E-state index in [9.17, 15) is 13.2 Å². The minimum absolute atomic E-state index is 0.111. The Morgan fingerprint density at radius 1 is 1.15 bits per heavy atom. The second kappa shape index (κ2) is 5.98. The van der Waals surface area contributed by atoms with Gasteiger partial charge in [-0.3, -0.25) is 4.98 Å². The maximum absolute atomic E-state index is 12.0. The van der Waals surface area contributed by atoms with Gasteiger partial charge in [-0.25, -0.2) is 0 Å². The Bertz CT molecular complexity index is 581. The number of nitrogens with one attached hydrogen (secondary N) is 1. The summed E-state index contributed by atoms with van der Waals surface area (Å²) in [6, 6.07) is 7.50. The van der Waals surface area contributed by atoms with Crippen LogP contribution in [-0.2, 0) is 0 Å². The third-order valence-electron chi connectivity index (χ3n) is 2.99. The average molecular weight is 283 g/mol. The van der Waals surface area contributed by atoms with Crippen molar-refractivity contribution in [2.24, 2.45) is 0 Å². The van der Waals surface area contributed by atoms with Crippen molar-refractivity contribution in [3.63, 3.8) is 0 Å². The molecule has 0 aliphatic rings. The Balaban J connectivity index is 1.98. The summed E-state index contributed by atoms with van der Waals surface area (Å²) in [7, 11) is 0. The summed E-state index contributed by atoms with van der Waals surface area (Å²) in [5, 5.41) is 3.99. The van der Waals surface area contributed by atoms with Crippen molar-refractivity contribution < 1.29 is 13.2 Å². The summed E-state index contributed by atoms with van der Waals surface area (Å²) in [6.45, 7) is 0.453. The third-order valence-corrected chi connectivity index (χ3v) is 2.99. The van der Waals surface area contributed by atoms with Gasteiger partial charge in [-0.2, -0.15) is 13.2 Å². The first-order chi connectivity index (χ1) is 9.47. The first-order valence-corrected chi connectivity index (χ1v) is 6.41. The number of rotatable bonds is 5. The van der Waals surface area contributed by atoms with Crippen LogP contribution in [0.2, 0.25) is 0 Å². The Hall–Kier alpha value is -1.98. The number of anilines is 2. The molecule has 1 aromatic heterocycles. The van der Waals surface area contributed by atoms with Gasteiger partial charge in [0.15, 0.2) is 0 Å². The minimum Gasteiger partial charge on any atom is -0.396 e. The van der Waals surface area contributed by atoms with Crippen molar-refractivity contribution in [2.75, 3.05) is 17.6 Å². The number of halogens is 3. The molecule has 0 atom stereocenters. The quantitative estimate of drug-likeness (QED) is 0.817. The lowest BCUT2D eigenvalue weighted by Gasteiger charge is -2.12. The van der Waals surface area contributed by atoms with Crippen molar-refractivity contribution in [3.8, 4) is 0 Å². The summed E-state index contributed by atoms with van der Waals surface area (Å²) in [6.07, 6.45) is -2.72. The highest BCUT2D eigenvalue weighted by Gasteiger charge is 2.25. The number of hydrogen-bond acceptors (Lipinski definition) is 3. The number of nitrogens with zero attached hydrogens (tertiary/aromatic N) is 1. The molecule has 0 saturated heterocycles. The van der Waals surface area contributed by atoms with Crippen LogP contribution in [0.3, 0.4) is 0 Å². The molecule has 2 rings (SSSR count). The predicted molar refractivity (Wildman–Crippen MR) is 74.6 cm³/mol. The largest absolute Gasteiger partial charge is 0.396 e. The van der Waals surface area contributed by atoms with Crippen molar-refractivity contribution >= 4 is 22.3 Å². The molecule has 0 fully saturated rings. The van der Waals surface area contributed by atoms with E-state index in [0.717, 1.165) is 16.6 Å². The fourth-order valence-electron chi connectivity index (χ4n) is 2.02. The number of nitrogen functional groups attached to an aromatic ring is 1. The Morgan fingerprint density at radius 3 is 2.65 bits per heavy atom. The molecular formula is C14H16F3N3. The van der Waals surface area contributed by atoms with Crippen LogP contribution >= 0.6 is 0 Å². The predicted octanol–water partition coefficient (Wildman–Crippen LogP) is 3.96. The van der Waals surface area contributed by atoms with Crippen LogP contribution in [0.1, 0.15) is 19.3 Å². The third kappa shape index (κ3) is 3.76. The van der Waals surface area contributed by atoms with Crippen molar-refractivity contribution in [1.82, 2.24) is 4.98 Å². The van der Waals surface area contributed by atoms with E-state index in [1.165, 1.54) is 0 Å². The molecule has 0 saturated carbocycles. The standard InChI is InChI=1S/C14H16F3N3/c15-14(16,17)7-3-4-8-19-13-10-5-1-2-6-12(10)20-9-11(13)18/h1-2,5-6,9H,3-4,7-8,18H2,(H,19,20). The van der Waals surface area contributed by atoms with Gasteiger partial charge in [0, 0.05) is 18.4 Å². The number of nitrogens with two attached hydrogens (primary N) is 1. The number of pyridine rings is 1. The highest BCUT2D eigenvalue weighted by molar-refractivity contribution is 5.96. The minimum atomic E-state index is -4.08. The molecule has 0 amide bonds. The van der Waals surface area contributed by atoms with Crippen molar-refractivity contribution in [2.45, 2.75) is 25.4 Å². The maximum Gasteiger partial charge on any atom is 0.389 e. The van der Waals surface area contributed by atoms with Gasteiger partial charge in [-0.15, -0.1) is 0 Å². The van der Waals surface area contributed by atoms with Gasteiger partial charge in [-0.05, 0) is 18.9 Å².